The lowest BCUT2D eigenvalue weighted by Gasteiger charge is -2.17. The molecule has 0 amide bonds. The van der Waals surface area contributed by atoms with E-state index in [1.54, 1.807) is 0 Å². The first kappa shape index (κ1) is 16.2. The van der Waals surface area contributed by atoms with Crippen molar-refractivity contribution in [3.63, 3.8) is 0 Å². The van der Waals surface area contributed by atoms with Gasteiger partial charge < -0.3 is 16.0 Å². The number of hydrogen-bond donors (Lipinski definition) is 3. The molecule has 0 aliphatic carbocycles. The summed E-state index contributed by atoms with van der Waals surface area (Å²) in [6, 6.07) is 7.49. The van der Waals surface area contributed by atoms with E-state index in [9.17, 15) is 0 Å². The summed E-state index contributed by atoms with van der Waals surface area (Å²) in [5.41, 5.74) is 1.24. The molecule has 0 aliphatic rings. The maximum absolute atomic E-state index is 5.82. The second-order valence-corrected chi connectivity index (χ2v) is 6.44. The van der Waals surface area contributed by atoms with Crippen molar-refractivity contribution in [3.8, 4) is 0 Å². The van der Waals surface area contributed by atoms with Gasteiger partial charge in [-0.25, -0.2) is 0 Å². The molecule has 1 aromatic carbocycles. The van der Waals surface area contributed by atoms with Crippen LogP contribution in [0.25, 0.3) is 0 Å². The number of anilines is 1. The van der Waals surface area contributed by atoms with Gasteiger partial charge in [-0.05, 0) is 57.3 Å². The molecule has 0 saturated heterocycles. The molecule has 4 N–H and O–H groups in total. The Bertz CT molecular complexity index is 398. The number of nitrogens with two attached hydrogens (primary N) is 1. The quantitative estimate of drug-likeness (QED) is 0.578. The molecule has 0 fully saturated rings. The van der Waals surface area contributed by atoms with Gasteiger partial charge in [0.15, 0.2) is 5.11 Å². The van der Waals surface area contributed by atoms with E-state index in [0.29, 0.717) is 10.7 Å². The molecule has 1 aromatic rings. The lowest BCUT2D eigenvalue weighted by Crippen LogP contribution is -2.94. The molecule has 0 atom stereocenters. The number of rotatable bonds is 5. The van der Waals surface area contributed by atoms with Crippen molar-refractivity contribution >= 4 is 34.6 Å². The lowest BCUT2D eigenvalue weighted by atomic mass is 10.1. The lowest BCUT2D eigenvalue weighted by molar-refractivity contribution is -0.717. The molecular weight excluding hydrogens is 278 g/mol. The minimum absolute atomic E-state index is 0.294. The molecule has 0 saturated carbocycles. The predicted molar refractivity (Wildman–Crippen MR) is 86.8 cm³/mol. The Morgan fingerprint density at radius 3 is 2.47 bits per heavy atom. The Kier molecular flexibility index (Phi) is 6.55. The van der Waals surface area contributed by atoms with Crippen LogP contribution >= 0.6 is 23.8 Å². The Balaban J connectivity index is 2.16. The molecule has 0 bridgehead atoms. The van der Waals surface area contributed by atoms with Gasteiger partial charge in [-0.3, -0.25) is 0 Å². The first-order valence-corrected chi connectivity index (χ1v) is 7.30. The smallest absolute Gasteiger partial charge is 0.170 e. The van der Waals surface area contributed by atoms with Crippen LogP contribution in [-0.4, -0.2) is 23.7 Å². The standard InChI is InChI=1S/C14H22ClN3S/c1-14(2,3)17-10-4-9-16-13(19)18-12-7-5-11(15)6-8-12/h5-8,17H,4,9-10H2,1-3H3,(H2,16,18,19)/p+1. The molecule has 19 heavy (non-hydrogen) atoms. The van der Waals surface area contributed by atoms with Crippen LogP contribution in [0.3, 0.4) is 0 Å². The highest BCUT2D eigenvalue weighted by Gasteiger charge is 2.11. The highest BCUT2D eigenvalue weighted by molar-refractivity contribution is 7.80. The van der Waals surface area contributed by atoms with Crippen LogP contribution in [0.15, 0.2) is 24.3 Å². The van der Waals surface area contributed by atoms with Crippen molar-refractivity contribution in [1.82, 2.24) is 5.32 Å². The summed E-state index contributed by atoms with van der Waals surface area (Å²) in [4.78, 5) is 0. The molecule has 0 spiro atoms. The number of quaternary nitrogens is 1. The molecule has 0 aromatic heterocycles. The first-order chi connectivity index (χ1) is 8.87. The normalized spacial score (nSPS) is 11.2. The van der Waals surface area contributed by atoms with Crippen molar-refractivity contribution in [2.75, 3.05) is 18.4 Å². The van der Waals surface area contributed by atoms with Crippen molar-refractivity contribution < 1.29 is 5.32 Å². The van der Waals surface area contributed by atoms with Gasteiger partial charge in [0.25, 0.3) is 0 Å². The Morgan fingerprint density at radius 1 is 1.26 bits per heavy atom. The SMILES string of the molecule is CC(C)(C)[NH2+]CCCNC(=S)Nc1ccc(Cl)cc1. The number of thiocarbonyl (C=S) groups is 1. The summed E-state index contributed by atoms with van der Waals surface area (Å²) in [6.45, 7) is 8.62. The van der Waals surface area contributed by atoms with Gasteiger partial charge in [-0.2, -0.15) is 0 Å². The summed E-state index contributed by atoms with van der Waals surface area (Å²) in [5.74, 6) is 0. The van der Waals surface area contributed by atoms with Gasteiger partial charge in [0, 0.05) is 23.7 Å². The fraction of sp³-hybridized carbons (Fsp3) is 0.500. The van der Waals surface area contributed by atoms with E-state index in [-0.39, 0.29) is 0 Å². The zero-order valence-corrected chi connectivity index (χ0v) is 13.4. The average Bonchev–Trinajstić information content (AvgIpc) is 2.30. The third-order valence-corrected chi connectivity index (χ3v) is 3.02. The highest BCUT2D eigenvalue weighted by atomic mass is 35.5. The summed E-state index contributed by atoms with van der Waals surface area (Å²) in [7, 11) is 0. The van der Waals surface area contributed by atoms with Crippen LogP contribution in [0.5, 0.6) is 0 Å². The Hall–Kier alpha value is -0.840. The van der Waals surface area contributed by atoms with Crippen LogP contribution in [0.4, 0.5) is 5.69 Å². The number of hydrogen-bond acceptors (Lipinski definition) is 1. The predicted octanol–water partition coefficient (Wildman–Crippen LogP) is 2.38. The van der Waals surface area contributed by atoms with E-state index in [2.05, 4.69) is 36.7 Å². The van der Waals surface area contributed by atoms with Gasteiger partial charge in [0.1, 0.15) is 0 Å². The summed E-state index contributed by atoms with van der Waals surface area (Å²) in [6.07, 6.45) is 1.08. The summed E-state index contributed by atoms with van der Waals surface area (Å²) in [5, 5.41) is 10.0. The minimum Gasteiger partial charge on any atom is -0.362 e. The van der Waals surface area contributed by atoms with Gasteiger partial charge in [-0.15, -0.1) is 0 Å². The fourth-order valence-electron chi connectivity index (χ4n) is 1.55. The van der Waals surface area contributed by atoms with Gasteiger partial charge in [-0.1, -0.05) is 11.6 Å². The van der Waals surface area contributed by atoms with Crippen LogP contribution in [0, 0.1) is 0 Å². The second kappa shape index (κ2) is 7.68. The molecule has 0 aliphatic heterocycles. The van der Waals surface area contributed by atoms with E-state index in [1.807, 2.05) is 24.3 Å². The summed E-state index contributed by atoms with van der Waals surface area (Å²) < 4.78 is 0. The van der Waals surface area contributed by atoms with Crippen LogP contribution in [0.1, 0.15) is 27.2 Å². The second-order valence-electron chi connectivity index (χ2n) is 5.60. The largest absolute Gasteiger partial charge is 0.362 e. The molecular formula is C14H23ClN3S+. The third kappa shape index (κ3) is 8.03. The van der Waals surface area contributed by atoms with Crippen LogP contribution in [-0.2, 0) is 0 Å². The summed E-state index contributed by atoms with van der Waals surface area (Å²) >= 11 is 11.1. The van der Waals surface area contributed by atoms with Crippen LogP contribution in [0.2, 0.25) is 5.02 Å². The molecule has 0 radical (unpaired) electrons. The number of nitrogens with one attached hydrogen (secondary N) is 2. The third-order valence-electron chi connectivity index (χ3n) is 2.53. The zero-order chi connectivity index (χ0) is 14.3. The van der Waals surface area contributed by atoms with E-state index < -0.39 is 0 Å². The van der Waals surface area contributed by atoms with E-state index >= 15 is 0 Å². The average molecular weight is 301 g/mol. The number of benzene rings is 1. The van der Waals surface area contributed by atoms with Gasteiger partial charge >= 0.3 is 0 Å². The van der Waals surface area contributed by atoms with E-state index in [1.165, 1.54) is 0 Å². The van der Waals surface area contributed by atoms with Crippen LogP contribution < -0.4 is 16.0 Å². The molecule has 0 heterocycles. The molecule has 106 valence electrons. The topological polar surface area (TPSA) is 40.7 Å². The van der Waals surface area contributed by atoms with E-state index in [4.69, 9.17) is 23.8 Å². The molecule has 1 rings (SSSR count). The van der Waals surface area contributed by atoms with Crippen molar-refractivity contribution in [2.24, 2.45) is 0 Å². The maximum atomic E-state index is 5.82. The Labute approximate surface area is 126 Å². The van der Waals surface area contributed by atoms with E-state index in [0.717, 1.165) is 30.2 Å². The molecule has 3 nitrogen and oxygen atoms in total. The first-order valence-electron chi connectivity index (χ1n) is 6.51. The highest BCUT2D eigenvalue weighted by Crippen LogP contribution is 2.12. The monoisotopic (exact) mass is 300 g/mol. The Morgan fingerprint density at radius 2 is 1.89 bits per heavy atom. The van der Waals surface area contributed by atoms with Gasteiger partial charge in [0.05, 0.1) is 12.1 Å². The maximum Gasteiger partial charge on any atom is 0.170 e. The van der Waals surface area contributed by atoms with Crippen molar-refractivity contribution in [1.29, 1.82) is 0 Å². The van der Waals surface area contributed by atoms with Crippen molar-refractivity contribution in [3.05, 3.63) is 29.3 Å². The molecule has 5 heteroatoms. The van der Waals surface area contributed by atoms with Crippen molar-refractivity contribution in [2.45, 2.75) is 32.7 Å². The number of halogens is 1. The van der Waals surface area contributed by atoms with Gasteiger partial charge in [0.2, 0.25) is 0 Å². The zero-order valence-electron chi connectivity index (χ0n) is 11.8. The molecule has 0 unspecified atom stereocenters. The fourth-order valence-corrected chi connectivity index (χ4v) is 1.89. The minimum atomic E-state index is 0.294.